The molecule has 2 aromatic carbocycles. The van der Waals surface area contributed by atoms with Crippen LogP contribution in [0.3, 0.4) is 0 Å². The molecule has 0 heterocycles. The van der Waals surface area contributed by atoms with Crippen molar-refractivity contribution in [1.82, 2.24) is 5.32 Å². The number of amides is 1. The second kappa shape index (κ2) is 10.0. The van der Waals surface area contributed by atoms with Gasteiger partial charge in [-0.3, -0.25) is 4.79 Å². The van der Waals surface area contributed by atoms with E-state index in [4.69, 9.17) is 4.74 Å². The van der Waals surface area contributed by atoms with E-state index in [-0.39, 0.29) is 5.91 Å². The van der Waals surface area contributed by atoms with Crippen LogP contribution in [0.1, 0.15) is 56.7 Å². The summed E-state index contributed by atoms with van der Waals surface area (Å²) in [7, 11) is 0. The summed E-state index contributed by atoms with van der Waals surface area (Å²) in [4.78, 5) is 12.2. The number of hydrogen-bond donors (Lipinski definition) is 1. The Bertz CT molecular complexity index is 692. The van der Waals surface area contributed by atoms with Crippen LogP contribution >= 0.6 is 0 Å². The largest absolute Gasteiger partial charge is 0.481 e. The lowest BCUT2D eigenvalue weighted by atomic mass is 10.0. The maximum atomic E-state index is 12.2. The van der Waals surface area contributed by atoms with Crippen molar-refractivity contribution in [3.8, 4) is 5.75 Å². The Morgan fingerprint density at radius 3 is 2.38 bits per heavy atom. The van der Waals surface area contributed by atoms with Crippen LogP contribution < -0.4 is 10.1 Å². The number of nitrogens with one attached hydrogen (secondary N) is 1. The number of aryl methyl sites for hydroxylation is 2. The van der Waals surface area contributed by atoms with Crippen molar-refractivity contribution in [1.29, 1.82) is 0 Å². The van der Waals surface area contributed by atoms with Crippen LogP contribution in [-0.4, -0.2) is 18.6 Å². The molecule has 0 fully saturated rings. The van der Waals surface area contributed by atoms with Gasteiger partial charge < -0.3 is 10.1 Å². The third-order valence-corrected chi connectivity index (χ3v) is 4.61. The lowest BCUT2D eigenvalue weighted by Gasteiger charge is -2.17. The van der Waals surface area contributed by atoms with Gasteiger partial charge in [-0.15, -0.1) is 0 Å². The summed E-state index contributed by atoms with van der Waals surface area (Å²) in [5.41, 5.74) is 3.79. The highest BCUT2D eigenvalue weighted by atomic mass is 16.5. The fourth-order valence-electron chi connectivity index (χ4n) is 2.87. The van der Waals surface area contributed by atoms with Crippen LogP contribution in [-0.2, 0) is 17.6 Å². The zero-order valence-electron chi connectivity index (χ0n) is 16.4. The van der Waals surface area contributed by atoms with Crippen molar-refractivity contribution in [2.45, 2.75) is 59.0 Å². The van der Waals surface area contributed by atoms with E-state index in [9.17, 15) is 4.79 Å². The summed E-state index contributed by atoms with van der Waals surface area (Å²) < 4.78 is 5.84. The molecule has 140 valence electrons. The Hall–Kier alpha value is -2.29. The second-order valence-corrected chi connectivity index (χ2v) is 7.01. The van der Waals surface area contributed by atoms with Gasteiger partial charge in [0.2, 0.25) is 0 Å². The molecule has 0 aliphatic rings. The molecule has 26 heavy (non-hydrogen) atoms. The van der Waals surface area contributed by atoms with Crippen molar-refractivity contribution in [3.05, 3.63) is 65.2 Å². The number of carbonyl (C=O) groups is 1. The Kier molecular flexibility index (Phi) is 7.71. The maximum absolute atomic E-state index is 12.2. The first-order valence-corrected chi connectivity index (χ1v) is 9.62. The van der Waals surface area contributed by atoms with Gasteiger partial charge in [-0.05, 0) is 54.9 Å². The van der Waals surface area contributed by atoms with Gasteiger partial charge in [-0.25, -0.2) is 0 Å². The van der Waals surface area contributed by atoms with Gasteiger partial charge in [0.05, 0.1) is 0 Å². The van der Waals surface area contributed by atoms with Gasteiger partial charge in [-0.1, -0.05) is 63.2 Å². The Morgan fingerprint density at radius 2 is 1.73 bits per heavy atom. The highest BCUT2D eigenvalue weighted by Crippen LogP contribution is 2.19. The van der Waals surface area contributed by atoms with Gasteiger partial charge in [0.15, 0.2) is 6.10 Å². The van der Waals surface area contributed by atoms with E-state index < -0.39 is 6.10 Å². The van der Waals surface area contributed by atoms with Gasteiger partial charge in [-0.2, -0.15) is 0 Å². The molecule has 0 bridgehead atoms. The molecule has 0 aromatic heterocycles. The van der Waals surface area contributed by atoms with E-state index >= 15 is 0 Å². The Morgan fingerprint density at radius 1 is 1.04 bits per heavy atom. The average Bonchev–Trinajstić information content (AvgIpc) is 2.65. The van der Waals surface area contributed by atoms with Crippen LogP contribution in [0, 0.1) is 0 Å². The van der Waals surface area contributed by atoms with E-state index in [1.54, 1.807) is 6.92 Å². The summed E-state index contributed by atoms with van der Waals surface area (Å²) in [6, 6.07) is 16.6. The summed E-state index contributed by atoms with van der Waals surface area (Å²) >= 11 is 0. The van der Waals surface area contributed by atoms with Crippen LogP contribution in [0.5, 0.6) is 5.75 Å². The molecule has 0 aliphatic carbocycles. The molecule has 3 heteroatoms. The minimum Gasteiger partial charge on any atom is -0.481 e. The average molecular weight is 354 g/mol. The predicted octanol–water partition coefficient (Wildman–Crippen LogP) is 4.89. The van der Waals surface area contributed by atoms with Crippen LogP contribution in [0.25, 0.3) is 0 Å². The molecular weight excluding hydrogens is 322 g/mol. The predicted molar refractivity (Wildman–Crippen MR) is 108 cm³/mol. The lowest BCUT2D eigenvalue weighted by Crippen LogP contribution is -2.37. The molecule has 0 spiro atoms. The standard InChI is InChI=1S/C23H31NO2/c1-5-20-10-6-7-11-22(20)26-18(4)23(25)24-16-8-9-19-12-14-21(15-13-19)17(2)3/h6-7,10-15,17-18H,5,8-9,16H2,1-4H3,(H,24,25)/t18-/m0/s1. The van der Waals surface area contributed by atoms with E-state index in [0.29, 0.717) is 12.5 Å². The fraction of sp³-hybridized carbons (Fsp3) is 0.435. The molecule has 0 saturated carbocycles. The minimum atomic E-state index is -0.493. The first kappa shape index (κ1) is 20.0. The number of para-hydroxylation sites is 1. The van der Waals surface area contributed by atoms with Gasteiger partial charge in [0.1, 0.15) is 5.75 Å². The van der Waals surface area contributed by atoms with Crippen molar-refractivity contribution in [2.75, 3.05) is 6.54 Å². The molecule has 0 radical (unpaired) electrons. The third-order valence-electron chi connectivity index (χ3n) is 4.61. The number of hydrogen-bond acceptors (Lipinski definition) is 2. The van der Waals surface area contributed by atoms with Crippen molar-refractivity contribution in [2.24, 2.45) is 0 Å². The molecular formula is C23H31NO2. The summed E-state index contributed by atoms with van der Waals surface area (Å²) in [6.45, 7) is 8.94. The second-order valence-electron chi connectivity index (χ2n) is 7.01. The third kappa shape index (κ3) is 5.91. The van der Waals surface area contributed by atoms with Crippen LogP contribution in [0.15, 0.2) is 48.5 Å². The molecule has 0 unspecified atom stereocenters. The van der Waals surface area contributed by atoms with E-state index in [2.05, 4.69) is 50.4 Å². The molecule has 2 rings (SSSR count). The number of rotatable bonds is 9. The van der Waals surface area contributed by atoms with E-state index in [1.165, 1.54) is 11.1 Å². The summed E-state index contributed by atoms with van der Waals surface area (Å²) in [5.74, 6) is 1.29. The number of carbonyl (C=O) groups excluding carboxylic acids is 1. The maximum Gasteiger partial charge on any atom is 0.260 e. The number of benzene rings is 2. The van der Waals surface area contributed by atoms with Gasteiger partial charge in [0, 0.05) is 6.54 Å². The molecule has 1 amide bonds. The monoisotopic (exact) mass is 353 g/mol. The van der Waals surface area contributed by atoms with E-state index in [1.807, 2.05) is 24.3 Å². The normalized spacial score (nSPS) is 12.0. The van der Waals surface area contributed by atoms with Crippen molar-refractivity contribution >= 4 is 5.91 Å². The molecule has 0 aliphatic heterocycles. The smallest absolute Gasteiger partial charge is 0.260 e. The quantitative estimate of drug-likeness (QED) is 0.652. The lowest BCUT2D eigenvalue weighted by molar-refractivity contribution is -0.127. The molecule has 3 nitrogen and oxygen atoms in total. The molecule has 2 aromatic rings. The molecule has 1 N–H and O–H groups in total. The minimum absolute atomic E-state index is 0.0638. The van der Waals surface area contributed by atoms with Crippen molar-refractivity contribution in [3.63, 3.8) is 0 Å². The zero-order valence-corrected chi connectivity index (χ0v) is 16.4. The first-order valence-electron chi connectivity index (χ1n) is 9.62. The van der Waals surface area contributed by atoms with Gasteiger partial charge >= 0.3 is 0 Å². The highest BCUT2D eigenvalue weighted by Gasteiger charge is 2.15. The zero-order chi connectivity index (χ0) is 18.9. The molecule has 0 saturated heterocycles. The Labute approximate surface area is 157 Å². The summed E-state index contributed by atoms with van der Waals surface area (Å²) in [5, 5.41) is 2.98. The van der Waals surface area contributed by atoms with Crippen molar-refractivity contribution < 1.29 is 9.53 Å². The Balaban J connectivity index is 1.74. The first-order chi connectivity index (χ1) is 12.5. The highest BCUT2D eigenvalue weighted by molar-refractivity contribution is 5.80. The van der Waals surface area contributed by atoms with E-state index in [0.717, 1.165) is 30.6 Å². The van der Waals surface area contributed by atoms with Crippen LogP contribution in [0.2, 0.25) is 0 Å². The molecule has 1 atom stereocenters. The fourth-order valence-corrected chi connectivity index (χ4v) is 2.87. The summed E-state index contributed by atoms with van der Waals surface area (Å²) in [6.07, 6.45) is 2.28. The number of ether oxygens (including phenoxy) is 1. The topological polar surface area (TPSA) is 38.3 Å². The van der Waals surface area contributed by atoms with Gasteiger partial charge in [0.25, 0.3) is 5.91 Å². The van der Waals surface area contributed by atoms with Crippen LogP contribution in [0.4, 0.5) is 0 Å². The SMILES string of the molecule is CCc1ccccc1O[C@@H](C)C(=O)NCCCc1ccc(C(C)C)cc1.